The zero-order chi connectivity index (χ0) is 12.9. The van der Waals surface area contributed by atoms with Crippen LogP contribution in [0.5, 0.6) is 0 Å². The highest BCUT2D eigenvalue weighted by Gasteiger charge is 2.15. The van der Waals surface area contributed by atoms with Crippen LogP contribution < -0.4 is 0 Å². The van der Waals surface area contributed by atoms with Crippen LogP contribution in [-0.2, 0) is 4.74 Å². The van der Waals surface area contributed by atoms with Gasteiger partial charge in [0.15, 0.2) is 0 Å². The van der Waals surface area contributed by atoms with Gasteiger partial charge in [0.25, 0.3) is 0 Å². The maximum absolute atomic E-state index is 11.6. The van der Waals surface area contributed by atoms with Crippen molar-refractivity contribution in [2.45, 2.75) is 6.92 Å². The topological polar surface area (TPSA) is 42.1 Å². The number of hydrogen-bond donors (Lipinski definition) is 1. The van der Waals surface area contributed by atoms with Crippen LogP contribution >= 0.6 is 27.3 Å². The molecule has 5 heteroatoms. The monoisotopic (exact) mass is 323 g/mol. The van der Waals surface area contributed by atoms with Crippen LogP contribution in [0.25, 0.3) is 21.0 Å². The van der Waals surface area contributed by atoms with Gasteiger partial charge in [0, 0.05) is 15.2 Å². The summed E-state index contributed by atoms with van der Waals surface area (Å²) in [5.41, 5.74) is 2.68. The quantitative estimate of drug-likeness (QED) is 0.680. The van der Waals surface area contributed by atoms with E-state index in [-0.39, 0.29) is 5.97 Å². The summed E-state index contributed by atoms with van der Waals surface area (Å²) in [7, 11) is 1.38. The van der Waals surface area contributed by atoms with Crippen LogP contribution in [0.1, 0.15) is 16.1 Å². The van der Waals surface area contributed by atoms with Gasteiger partial charge in [-0.05, 0) is 45.9 Å². The van der Waals surface area contributed by atoms with Crippen molar-refractivity contribution in [3.05, 3.63) is 33.2 Å². The highest BCUT2D eigenvalue weighted by molar-refractivity contribution is 9.10. The molecule has 3 rings (SSSR count). The first-order valence-electron chi connectivity index (χ1n) is 5.39. The largest absolute Gasteiger partial charge is 0.464 e. The standard InChI is InChI=1S/C13H10BrNO2S/c1-6-5-18-12-8(14)3-7-4-9(13(16)17-2)15-11(7)10(6)12/h3-5,15H,1-2H3. The van der Waals surface area contributed by atoms with E-state index < -0.39 is 0 Å². The predicted octanol–water partition coefficient (Wildman–Crippen LogP) is 4.24. The molecule has 92 valence electrons. The van der Waals surface area contributed by atoms with E-state index in [1.807, 2.05) is 12.1 Å². The molecule has 0 fully saturated rings. The van der Waals surface area contributed by atoms with Crippen molar-refractivity contribution in [1.29, 1.82) is 0 Å². The van der Waals surface area contributed by atoms with E-state index in [1.54, 1.807) is 11.3 Å². The van der Waals surface area contributed by atoms with Gasteiger partial charge in [-0.2, -0.15) is 0 Å². The number of H-pyrrole nitrogens is 1. The maximum Gasteiger partial charge on any atom is 0.354 e. The second kappa shape index (κ2) is 4.10. The van der Waals surface area contributed by atoms with Gasteiger partial charge in [-0.25, -0.2) is 4.79 Å². The molecule has 0 amide bonds. The van der Waals surface area contributed by atoms with Crippen LogP contribution in [0.3, 0.4) is 0 Å². The second-order valence-corrected chi connectivity index (χ2v) is 5.85. The fourth-order valence-corrected chi connectivity index (χ4v) is 3.83. The molecular weight excluding hydrogens is 314 g/mol. The number of rotatable bonds is 1. The maximum atomic E-state index is 11.6. The van der Waals surface area contributed by atoms with Gasteiger partial charge in [0.1, 0.15) is 5.69 Å². The average Bonchev–Trinajstić information content (AvgIpc) is 2.92. The molecular formula is C13H10BrNO2S. The SMILES string of the molecule is COC(=O)c1cc2cc(Br)c3scc(C)c3c2[nH]1. The molecule has 0 radical (unpaired) electrons. The number of fused-ring (bicyclic) bond motifs is 3. The number of carbonyl (C=O) groups is 1. The van der Waals surface area contributed by atoms with Crippen molar-refractivity contribution in [3.8, 4) is 0 Å². The average molecular weight is 324 g/mol. The lowest BCUT2D eigenvalue weighted by atomic mass is 10.1. The molecule has 0 atom stereocenters. The number of benzene rings is 1. The van der Waals surface area contributed by atoms with Crippen LogP contribution in [0, 0.1) is 6.92 Å². The summed E-state index contributed by atoms with van der Waals surface area (Å²) in [6.07, 6.45) is 0. The Hall–Kier alpha value is -1.33. The third-order valence-electron chi connectivity index (χ3n) is 2.98. The van der Waals surface area contributed by atoms with E-state index in [2.05, 4.69) is 33.2 Å². The molecule has 0 spiro atoms. The number of halogens is 1. The highest BCUT2D eigenvalue weighted by atomic mass is 79.9. The third kappa shape index (κ3) is 1.58. The molecule has 0 saturated heterocycles. The van der Waals surface area contributed by atoms with Gasteiger partial charge in [0.05, 0.1) is 17.3 Å². The first-order chi connectivity index (χ1) is 8.61. The number of carbonyl (C=O) groups excluding carboxylic acids is 1. The van der Waals surface area contributed by atoms with Crippen molar-refractivity contribution in [3.63, 3.8) is 0 Å². The van der Waals surface area contributed by atoms with Crippen LogP contribution in [0.2, 0.25) is 0 Å². The molecule has 0 aliphatic carbocycles. The molecule has 0 aliphatic rings. The van der Waals surface area contributed by atoms with Crippen LogP contribution in [-0.4, -0.2) is 18.1 Å². The minimum Gasteiger partial charge on any atom is -0.464 e. The van der Waals surface area contributed by atoms with E-state index in [0.29, 0.717) is 5.69 Å². The summed E-state index contributed by atoms with van der Waals surface area (Å²) < 4.78 is 6.99. The number of aromatic amines is 1. The van der Waals surface area contributed by atoms with Gasteiger partial charge in [-0.3, -0.25) is 0 Å². The Kier molecular flexibility index (Phi) is 2.68. The molecule has 0 unspecified atom stereocenters. The van der Waals surface area contributed by atoms with E-state index in [4.69, 9.17) is 4.74 Å². The number of nitrogens with one attached hydrogen (secondary N) is 1. The van der Waals surface area contributed by atoms with Gasteiger partial charge in [-0.15, -0.1) is 11.3 Å². The first kappa shape index (κ1) is 11.7. The third-order valence-corrected chi connectivity index (χ3v) is 5.00. The Morgan fingerprint density at radius 1 is 1.44 bits per heavy atom. The molecule has 0 aliphatic heterocycles. The summed E-state index contributed by atoms with van der Waals surface area (Å²) in [4.78, 5) is 14.7. The van der Waals surface area contributed by atoms with Gasteiger partial charge in [0.2, 0.25) is 0 Å². The number of aryl methyl sites for hydroxylation is 1. The summed E-state index contributed by atoms with van der Waals surface area (Å²) in [6, 6.07) is 3.85. The zero-order valence-corrected chi connectivity index (χ0v) is 12.2. The van der Waals surface area contributed by atoms with Crippen molar-refractivity contribution in [1.82, 2.24) is 4.98 Å². The second-order valence-electron chi connectivity index (χ2n) is 4.12. The van der Waals surface area contributed by atoms with E-state index in [9.17, 15) is 4.79 Å². The lowest BCUT2D eigenvalue weighted by Gasteiger charge is -1.98. The Balaban J connectivity index is 2.42. The molecule has 0 saturated carbocycles. The number of methoxy groups -OCH3 is 1. The van der Waals surface area contributed by atoms with Crippen molar-refractivity contribution >= 4 is 54.2 Å². The Morgan fingerprint density at radius 2 is 2.22 bits per heavy atom. The van der Waals surface area contributed by atoms with E-state index >= 15 is 0 Å². The van der Waals surface area contributed by atoms with Gasteiger partial charge in [-0.1, -0.05) is 0 Å². The van der Waals surface area contributed by atoms with Crippen molar-refractivity contribution in [2.75, 3.05) is 7.11 Å². The lowest BCUT2D eigenvalue weighted by molar-refractivity contribution is 0.0595. The molecule has 1 aromatic carbocycles. The minimum absolute atomic E-state index is 0.344. The van der Waals surface area contributed by atoms with Crippen molar-refractivity contribution < 1.29 is 9.53 Å². The summed E-state index contributed by atoms with van der Waals surface area (Å²) in [5.74, 6) is -0.344. The van der Waals surface area contributed by atoms with Crippen molar-refractivity contribution in [2.24, 2.45) is 0 Å². The molecule has 1 N–H and O–H groups in total. The van der Waals surface area contributed by atoms with E-state index in [1.165, 1.54) is 22.8 Å². The summed E-state index contributed by atoms with van der Waals surface area (Å²) >= 11 is 5.27. The number of thiophene rings is 1. The summed E-state index contributed by atoms with van der Waals surface area (Å²) in [5, 5.41) is 4.30. The lowest BCUT2D eigenvalue weighted by Crippen LogP contribution is -2.00. The summed E-state index contributed by atoms with van der Waals surface area (Å²) in [6.45, 7) is 2.07. The van der Waals surface area contributed by atoms with Gasteiger partial charge >= 0.3 is 5.97 Å². The molecule has 3 nitrogen and oxygen atoms in total. The fraction of sp³-hybridized carbons (Fsp3) is 0.154. The molecule has 18 heavy (non-hydrogen) atoms. The Labute approximate surface area is 116 Å². The fourth-order valence-electron chi connectivity index (χ4n) is 2.14. The predicted molar refractivity (Wildman–Crippen MR) is 77.5 cm³/mol. The number of aromatic nitrogens is 1. The smallest absolute Gasteiger partial charge is 0.354 e. The molecule has 2 heterocycles. The number of hydrogen-bond acceptors (Lipinski definition) is 3. The highest BCUT2D eigenvalue weighted by Crippen LogP contribution is 2.37. The molecule has 0 bridgehead atoms. The minimum atomic E-state index is -0.344. The normalized spacial score (nSPS) is 11.3. The molecule has 3 aromatic rings. The first-order valence-corrected chi connectivity index (χ1v) is 7.06. The number of esters is 1. The van der Waals surface area contributed by atoms with Gasteiger partial charge < -0.3 is 9.72 Å². The van der Waals surface area contributed by atoms with E-state index in [0.717, 1.165) is 15.4 Å². The zero-order valence-electron chi connectivity index (χ0n) is 9.83. The number of ether oxygens (including phenoxy) is 1. The molecule has 2 aromatic heterocycles. The van der Waals surface area contributed by atoms with Crippen LogP contribution in [0.4, 0.5) is 0 Å². The van der Waals surface area contributed by atoms with Crippen LogP contribution in [0.15, 0.2) is 22.0 Å². The Morgan fingerprint density at radius 3 is 2.94 bits per heavy atom. The Bertz CT molecular complexity index is 772.